The van der Waals surface area contributed by atoms with Crippen molar-refractivity contribution < 1.29 is 25.2 Å². The first-order valence-electron chi connectivity index (χ1n) is 33.2. The van der Waals surface area contributed by atoms with Crippen LogP contribution in [0.2, 0.25) is 0 Å². The summed E-state index contributed by atoms with van der Waals surface area (Å²) in [6.45, 7) is 4.09. The fourth-order valence-corrected chi connectivity index (χ4v) is 10.7. The number of hydrogen-bond donors (Lipinski definition) is 5. The standard InChI is InChI=1S/C67H131NO5/c1-3-5-7-9-11-13-15-17-19-21-23-24-25-26-27-28-29-30-31-32-33-34-35-36-37-38-39-40-41-43-45-47-49-51-53-55-57-59-61-65(71)67(73)68-63(62-69)66(72)64(70)60-58-56-54-52-50-48-46-44-42-22-20-18-16-14-12-10-8-6-4-2/h32-33,52,54,63-66,69-72H,3-31,34-51,53,55-62H2,1-2H3,(H,68,73)/b33-32-,54-52+. The van der Waals surface area contributed by atoms with E-state index in [1.165, 1.54) is 302 Å². The molecule has 0 saturated heterocycles. The smallest absolute Gasteiger partial charge is 0.249 e. The van der Waals surface area contributed by atoms with Gasteiger partial charge in [-0.05, 0) is 64.2 Å². The third-order valence-corrected chi connectivity index (χ3v) is 15.9. The van der Waals surface area contributed by atoms with E-state index in [1.54, 1.807) is 0 Å². The fourth-order valence-electron chi connectivity index (χ4n) is 10.7. The largest absolute Gasteiger partial charge is 0.394 e. The Labute approximate surface area is 456 Å². The SMILES string of the molecule is CCCCCCCCCCCCCCCC/C=C/CCCC(O)C(O)C(CO)NC(=O)C(O)CCCCCCCCCCCCCCCCCC/C=C\CCCCCCCCCCCCCCCCCCCC. The Morgan fingerprint density at radius 3 is 0.822 bits per heavy atom. The van der Waals surface area contributed by atoms with Gasteiger partial charge in [0.25, 0.3) is 0 Å². The highest BCUT2D eigenvalue weighted by Gasteiger charge is 2.28. The van der Waals surface area contributed by atoms with Crippen LogP contribution < -0.4 is 5.32 Å². The molecule has 6 nitrogen and oxygen atoms in total. The summed E-state index contributed by atoms with van der Waals surface area (Å²) in [7, 11) is 0. The van der Waals surface area contributed by atoms with Crippen molar-refractivity contribution in [1.29, 1.82) is 0 Å². The molecule has 434 valence electrons. The summed E-state index contributed by atoms with van der Waals surface area (Å²) < 4.78 is 0. The number of aliphatic hydroxyl groups is 4. The lowest BCUT2D eigenvalue weighted by atomic mass is 10.00. The molecule has 0 aliphatic carbocycles. The van der Waals surface area contributed by atoms with Crippen molar-refractivity contribution in [3.8, 4) is 0 Å². The van der Waals surface area contributed by atoms with Crippen LogP contribution in [0.5, 0.6) is 0 Å². The van der Waals surface area contributed by atoms with Crippen molar-refractivity contribution in [2.75, 3.05) is 6.61 Å². The number of aliphatic hydroxyl groups excluding tert-OH is 4. The molecule has 4 atom stereocenters. The molecule has 0 aromatic heterocycles. The maximum Gasteiger partial charge on any atom is 0.249 e. The van der Waals surface area contributed by atoms with Gasteiger partial charge in [0.15, 0.2) is 0 Å². The fraction of sp³-hybridized carbons (Fsp3) is 0.925. The monoisotopic (exact) mass is 1030 g/mol. The average Bonchev–Trinajstić information content (AvgIpc) is 3.40. The second-order valence-electron chi connectivity index (χ2n) is 23.2. The maximum absolute atomic E-state index is 12.6. The number of nitrogens with one attached hydrogen (secondary N) is 1. The Morgan fingerprint density at radius 1 is 0.329 bits per heavy atom. The van der Waals surface area contributed by atoms with Gasteiger partial charge in [-0.3, -0.25) is 4.79 Å². The number of rotatable bonds is 62. The van der Waals surface area contributed by atoms with Crippen molar-refractivity contribution in [1.82, 2.24) is 5.32 Å². The maximum atomic E-state index is 12.6. The van der Waals surface area contributed by atoms with Crippen LogP contribution in [0.4, 0.5) is 0 Å². The summed E-state index contributed by atoms with van der Waals surface area (Å²) in [5.41, 5.74) is 0. The van der Waals surface area contributed by atoms with Crippen LogP contribution >= 0.6 is 0 Å². The number of allylic oxidation sites excluding steroid dienone is 4. The molecular formula is C67H131NO5. The minimum Gasteiger partial charge on any atom is -0.394 e. The second-order valence-corrected chi connectivity index (χ2v) is 23.2. The predicted molar refractivity (Wildman–Crippen MR) is 321 cm³/mol. The molecule has 0 spiro atoms. The number of hydrogen-bond acceptors (Lipinski definition) is 5. The van der Waals surface area contributed by atoms with E-state index in [2.05, 4.69) is 43.5 Å². The van der Waals surface area contributed by atoms with E-state index >= 15 is 0 Å². The third kappa shape index (κ3) is 55.4. The summed E-state index contributed by atoms with van der Waals surface area (Å²) in [4.78, 5) is 12.6. The molecule has 0 fully saturated rings. The average molecular weight is 1030 g/mol. The lowest BCUT2D eigenvalue weighted by Crippen LogP contribution is -2.53. The van der Waals surface area contributed by atoms with Gasteiger partial charge < -0.3 is 25.7 Å². The molecule has 0 aromatic carbocycles. The lowest BCUT2D eigenvalue weighted by Gasteiger charge is -2.27. The molecule has 0 heterocycles. The van der Waals surface area contributed by atoms with Crippen LogP contribution in [0.1, 0.15) is 367 Å². The Morgan fingerprint density at radius 2 is 0.562 bits per heavy atom. The number of carbonyl (C=O) groups excluding carboxylic acids is 1. The summed E-state index contributed by atoms with van der Waals surface area (Å²) in [5, 5.41) is 44.1. The van der Waals surface area contributed by atoms with E-state index in [4.69, 9.17) is 0 Å². The van der Waals surface area contributed by atoms with Crippen molar-refractivity contribution in [2.24, 2.45) is 0 Å². The first-order valence-corrected chi connectivity index (χ1v) is 33.2. The van der Waals surface area contributed by atoms with Crippen LogP contribution in [0.3, 0.4) is 0 Å². The zero-order valence-electron chi connectivity index (χ0n) is 49.4. The quantitative estimate of drug-likeness (QED) is 0.0308. The molecule has 0 bridgehead atoms. The van der Waals surface area contributed by atoms with E-state index in [0.717, 1.165) is 38.5 Å². The molecule has 4 unspecified atom stereocenters. The van der Waals surface area contributed by atoms with Crippen LogP contribution in [0, 0.1) is 0 Å². The van der Waals surface area contributed by atoms with Gasteiger partial charge in [-0.15, -0.1) is 0 Å². The first kappa shape index (κ1) is 71.8. The van der Waals surface area contributed by atoms with E-state index in [-0.39, 0.29) is 0 Å². The highest BCUT2D eigenvalue weighted by Crippen LogP contribution is 2.19. The highest BCUT2D eigenvalue weighted by molar-refractivity contribution is 5.80. The van der Waals surface area contributed by atoms with Crippen molar-refractivity contribution in [3.05, 3.63) is 24.3 Å². The zero-order valence-corrected chi connectivity index (χ0v) is 49.4. The number of carbonyl (C=O) groups is 1. The summed E-state index contributed by atoms with van der Waals surface area (Å²) >= 11 is 0. The lowest BCUT2D eigenvalue weighted by molar-refractivity contribution is -0.132. The van der Waals surface area contributed by atoms with Gasteiger partial charge in [0, 0.05) is 0 Å². The van der Waals surface area contributed by atoms with Gasteiger partial charge in [-0.25, -0.2) is 0 Å². The van der Waals surface area contributed by atoms with Gasteiger partial charge >= 0.3 is 0 Å². The minimum atomic E-state index is -1.28. The van der Waals surface area contributed by atoms with Crippen LogP contribution in [0.25, 0.3) is 0 Å². The molecule has 0 radical (unpaired) electrons. The Hall–Kier alpha value is -1.21. The van der Waals surface area contributed by atoms with Crippen molar-refractivity contribution >= 4 is 5.91 Å². The Bertz CT molecular complexity index is 1110. The summed E-state index contributed by atoms with van der Waals surface area (Å²) in [6.07, 6.45) is 77.3. The van der Waals surface area contributed by atoms with Gasteiger partial charge in [0.1, 0.15) is 12.2 Å². The Kier molecular flexibility index (Phi) is 60.6. The van der Waals surface area contributed by atoms with E-state index < -0.39 is 36.9 Å². The minimum absolute atomic E-state index is 0.366. The topological polar surface area (TPSA) is 110 Å². The molecule has 0 aromatic rings. The molecule has 0 aliphatic heterocycles. The molecular weight excluding hydrogens is 899 g/mol. The van der Waals surface area contributed by atoms with Crippen LogP contribution in [0.15, 0.2) is 24.3 Å². The van der Waals surface area contributed by atoms with Crippen LogP contribution in [-0.2, 0) is 4.79 Å². The molecule has 0 rings (SSSR count). The normalized spacial score (nSPS) is 13.7. The molecule has 0 saturated carbocycles. The number of amides is 1. The van der Waals surface area contributed by atoms with Gasteiger partial charge in [-0.2, -0.15) is 0 Å². The first-order chi connectivity index (χ1) is 36.0. The van der Waals surface area contributed by atoms with Crippen molar-refractivity contribution in [3.63, 3.8) is 0 Å². The molecule has 73 heavy (non-hydrogen) atoms. The van der Waals surface area contributed by atoms with Gasteiger partial charge in [0.2, 0.25) is 5.91 Å². The Balaban J connectivity index is 3.53. The highest BCUT2D eigenvalue weighted by atomic mass is 16.3. The summed E-state index contributed by atoms with van der Waals surface area (Å²) in [6, 6.07) is -1.00. The third-order valence-electron chi connectivity index (χ3n) is 15.9. The van der Waals surface area contributed by atoms with E-state index in [1.807, 2.05) is 0 Å². The predicted octanol–water partition coefficient (Wildman–Crippen LogP) is 20.2. The van der Waals surface area contributed by atoms with Crippen molar-refractivity contribution in [2.45, 2.75) is 391 Å². The summed E-state index contributed by atoms with van der Waals surface area (Å²) in [5.74, 6) is -0.587. The van der Waals surface area contributed by atoms with E-state index in [9.17, 15) is 25.2 Å². The molecule has 6 heteroatoms. The molecule has 0 aliphatic rings. The van der Waals surface area contributed by atoms with Gasteiger partial charge in [-0.1, -0.05) is 327 Å². The number of unbranched alkanes of at least 4 members (excludes halogenated alkanes) is 49. The second kappa shape index (κ2) is 61.6. The van der Waals surface area contributed by atoms with Crippen LogP contribution in [-0.4, -0.2) is 57.3 Å². The molecule has 1 amide bonds. The van der Waals surface area contributed by atoms with E-state index in [0.29, 0.717) is 12.8 Å². The van der Waals surface area contributed by atoms with Gasteiger partial charge in [0.05, 0.1) is 18.8 Å². The zero-order chi connectivity index (χ0) is 53.0. The molecule has 5 N–H and O–H groups in total.